The van der Waals surface area contributed by atoms with Gasteiger partial charge in [0.25, 0.3) is 0 Å². The van der Waals surface area contributed by atoms with E-state index < -0.39 is 43.9 Å². The van der Waals surface area contributed by atoms with Crippen LogP contribution in [0.1, 0.15) is 40.8 Å². The number of nitrogens with zero attached hydrogens (tertiary/aromatic N) is 4. The van der Waals surface area contributed by atoms with Crippen LogP contribution < -0.4 is 15.6 Å². The van der Waals surface area contributed by atoms with Crippen molar-refractivity contribution in [2.45, 2.75) is 64.8 Å². The topological polar surface area (TPSA) is 162 Å². The standard InChI is InChI=1S/C20H30FN6O7P/c1-6-30-16-13-15(24-19(22)25-16)27(9-23-13)18-20(5,21)14-11(33-18)8-32-35(29,34-14)26-12(10(3)4)17(28)31-7-2/h9-12,14,18H,6-8H2,1-5H3,(H,26,29)(H2,22,24,25)/t11-,12+,14-,18-,20-,35?/m1/s1. The third-order valence-electron chi connectivity index (χ3n) is 5.79. The molecule has 2 aromatic heterocycles. The summed E-state index contributed by atoms with van der Waals surface area (Å²) in [6, 6.07) is -0.976. The smallest absolute Gasteiger partial charge is 0.406 e. The molecule has 0 spiro atoms. The number of carbonyl (C=O) groups excluding carboxylic acids is 1. The van der Waals surface area contributed by atoms with E-state index in [0.717, 1.165) is 0 Å². The van der Waals surface area contributed by atoms with Gasteiger partial charge in [-0.2, -0.15) is 9.97 Å². The van der Waals surface area contributed by atoms with Gasteiger partial charge < -0.3 is 19.9 Å². The van der Waals surface area contributed by atoms with Gasteiger partial charge >= 0.3 is 13.7 Å². The summed E-state index contributed by atoms with van der Waals surface area (Å²) in [5.74, 6) is -0.818. The summed E-state index contributed by atoms with van der Waals surface area (Å²) in [6.07, 6.45) is -2.08. The predicted molar refractivity (Wildman–Crippen MR) is 121 cm³/mol. The molecule has 15 heteroatoms. The Kier molecular flexibility index (Phi) is 7.04. The lowest BCUT2D eigenvalue weighted by Gasteiger charge is -2.36. The minimum atomic E-state index is -4.09. The van der Waals surface area contributed by atoms with Crippen molar-refractivity contribution in [1.29, 1.82) is 0 Å². The number of hydrogen-bond donors (Lipinski definition) is 2. The van der Waals surface area contributed by atoms with Crippen LogP contribution in [0.25, 0.3) is 11.2 Å². The molecule has 2 aliphatic heterocycles. The van der Waals surface area contributed by atoms with Crippen molar-refractivity contribution in [3.8, 4) is 5.88 Å². The summed E-state index contributed by atoms with van der Waals surface area (Å²) in [4.78, 5) is 24.8. The van der Waals surface area contributed by atoms with E-state index in [9.17, 15) is 9.36 Å². The first kappa shape index (κ1) is 25.7. The van der Waals surface area contributed by atoms with Crippen molar-refractivity contribution in [1.82, 2.24) is 24.6 Å². The average Bonchev–Trinajstić information content (AvgIpc) is 3.30. The zero-order valence-electron chi connectivity index (χ0n) is 20.1. The quantitative estimate of drug-likeness (QED) is 0.389. The van der Waals surface area contributed by atoms with Crippen LogP contribution in [0.15, 0.2) is 6.33 Å². The van der Waals surface area contributed by atoms with Gasteiger partial charge in [0.1, 0.15) is 18.2 Å². The van der Waals surface area contributed by atoms with Gasteiger partial charge in [-0.1, -0.05) is 13.8 Å². The van der Waals surface area contributed by atoms with E-state index in [0.29, 0.717) is 6.61 Å². The molecule has 2 aliphatic rings. The fourth-order valence-corrected chi connectivity index (χ4v) is 6.04. The number of alkyl halides is 1. The molecular weight excluding hydrogens is 486 g/mol. The van der Waals surface area contributed by atoms with Gasteiger partial charge in [0.15, 0.2) is 23.1 Å². The normalized spacial score (nSPS) is 31.5. The van der Waals surface area contributed by atoms with Crippen molar-refractivity contribution < 1.29 is 37.0 Å². The Morgan fingerprint density at radius 3 is 2.80 bits per heavy atom. The first-order chi connectivity index (χ1) is 16.5. The number of nitrogens with one attached hydrogen (secondary N) is 1. The number of ether oxygens (including phenoxy) is 3. The van der Waals surface area contributed by atoms with Crippen LogP contribution in [0.3, 0.4) is 0 Å². The van der Waals surface area contributed by atoms with Gasteiger partial charge in [-0.15, -0.1) is 0 Å². The highest BCUT2D eigenvalue weighted by atomic mass is 31.2. The van der Waals surface area contributed by atoms with Crippen LogP contribution in [0.4, 0.5) is 10.3 Å². The Labute approximate surface area is 201 Å². The van der Waals surface area contributed by atoms with Crippen LogP contribution in [-0.2, 0) is 27.9 Å². The average molecular weight is 516 g/mol. The lowest BCUT2D eigenvalue weighted by molar-refractivity contribution is -0.146. The minimum Gasteiger partial charge on any atom is -0.476 e. The summed E-state index contributed by atoms with van der Waals surface area (Å²) in [5, 5.41) is 2.62. The second-order valence-electron chi connectivity index (χ2n) is 8.74. The summed E-state index contributed by atoms with van der Waals surface area (Å²) in [6.45, 7) is 8.44. The van der Waals surface area contributed by atoms with Gasteiger partial charge in [0.05, 0.1) is 26.1 Å². The number of aromatic nitrogens is 4. The van der Waals surface area contributed by atoms with Crippen LogP contribution in [0, 0.1) is 5.92 Å². The van der Waals surface area contributed by atoms with E-state index in [1.165, 1.54) is 17.8 Å². The van der Waals surface area contributed by atoms with E-state index in [2.05, 4.69) is 20.0 Å². The molecule has 4 heterocycles. The Hall–Kier alpha value is -2.38. The van der Waals surface area contributed by atoms with Gasteiger partial charge in [0, 0.05) is 0 Å². The van der Waals surface area contributed by atoms with Gasteiger partial charge in [0.2, 0.25) is 11.8 Å². The van der Waals surface area contributed by atoms with E-state index >= 15 is 4.39 Å². The maximum atomic E-state index is 16.3. The van der Waals surface area contributed by atoms with E-state index in [1.54, 1.807) is 27.7 Å². The van der Waals surface area contributed by atoms with Gasteiger partial charge in [-0.05, 0) is 26.7 Å². The molecule has 13 nitrogen and oxygen atoms in total. The summed E-state index contributed by atoms with van der Waals surface area (Å²) < 4.78 is 58.6. The number of imidazole rings is 1. The Balaban J connectivity index is 1.61. The number of fused-ring (bicyclic) bond motifs is 2. The lowest BCUT2D eigenvalue weighted by atomic mass is 9.98. The molecule has 194 valence electrons. The van der Waals surface area contributed by atoms with Gasteiger partial charge in [-0.3, -0.25) is 18.4 Å². The van der Waals surface area contributed by atoms with Crippen molar-refractivity contribution in [2.24, 2.45) is 5.92 Å². The molecule has 0 bridgehead atoms. The highest BCUT2D eigenvalue weighted by Gasteiger charge is 2.61. The molecule has 0 radical (unpaired) electrons. The summed E-state index contributed by atoms with van der Waals surface area (Å²) in [5.41, 5.74) is 4.11. The second kappa shape index (κ2) is 9.58. The SMILES string of the molecule is CCOC(=O)[C@@H](NP1(=O)OC[C@H]2O[C@@H](n3cnc4c(OCC)nc(N)nc43)[C@](C)(F)[C@@H]2O1)C(C)C. The zero-order chi connectivity index (χ0) is 25.5. The number of rotatable bonds is 8. The summed E-state index contributed by atoms with van der Waals surface area (Å²) in [7, 11) is -4.09. The van der Waals surface area contributed by atoms with Crippen molar-refractivity contribution >= 4 is 30.8 Å². The number of esters is 1. The molecule has 6 atom stereocenters. The minimum absolute atomic E-state index is 0.0781. The molecule has 2 saturated heterocycles. The molecule has 35 heavy (non-hydrogen) atoms. The highest BCUT2D eigenvalue weighted by molar-refractivity contribution is 7.51. The molecule has 2 fully saturated rings. The maximum absolute atomic E-state index is 16.3. The molecular formula is C20H30FN6O7P. The molecule has 3 N–H and O–H groups in total. The molecule has 0 aromatic carbocycles. The Bertz CT molecular complexity index is 1140. The summed E-state index contributed by atoms with van der Waals surface area (Å²) >= 11 is 0. The fourth-order valence-electron chi connectivity index (χ4n) is 4.12. The number of nitrogens with two attached hydrogens (primary N) is 1. The van der Waals surface area contributed by atoms with Gasteiger partial charge in [-0.25, -0.2) is 19.0 Å². The van der Waals surface area contributed by atoms with Crippen LogP contribution >= 0.6 is 7.75 Å². The predicted octanol–water partition coefficient (Wildman–Crippen LogP) is 2.13. The van der Waals surface area contributed by atoms with E-state index in [1.807, 2.05) is 0 Å². The zero-order valence-corrected chi connectivity index (χ0v) is 21.0. The number of hydrogen-bond acceptors (Lipinski definition) is 11. The molecule has 0 saturated carbocycles. The van der Waals surface area contributed by atoms with Crippen LogP contribution in [0.2, 0.25) is 0 Å². The van der Waals surface area contributed by atoms with Crippen molar-refractivity contribution in [3.05, 3.63) is 6.33 Å². The number of anilines is 1. The molecule has 0 aliphatic carbocycles. The molecule has 2 aromatic rings. The monoisotopic (exact) mass is 516 g/mol. The first-order valence-electron chi connectivity index (χ1n) is 11.3. The lowest BCUT2D eigenvalue weighted by Crippen LogP contribution is -2.48. The third kappa shape index (κ3) is 4.73. The van der Waals surface area contributed by atoms with Crippen LogP contribution in [-0.4, -0.2) is 69.2 Å². The number of halogens is 1. The first-order valence-corrected chi connectivity index (χ1v) is 12.9. The molecule has 4 rings (SSSR count). The third-order valence-corrected chi connectivity index (χ3v) is 7.37. The maximum Gasteiger partial charge on any atom is 0.406 e. The molecule has 0 amide bonds. The fraction of sp³-hybridized carbons (Fsp3) is 0.700. The highest BCUT2D eigenvalue weighted by Crippen LogP contribution is 2.57. The number of nitrogen functional groups attached to an aromatic ring is 1. The largest absolute Gasteiger partial charge is 0.476 e. The number of carbonyl (C=O) groups is 1. The Morgan fingerprint density at radius 1 is 1.40 bits per heavy atom. The molecule has 1 unspecified atom stereocenters. The van der Waals surface area contributed by atoms with Crippen molar-refractivity contribution in [2.75, 3.05) is 25.6 Å². The van der Waals surface area contributed by atoms with E-state index in [4.69, 9.17) is 29.0 Å². The van der Waals surface area contributed by atoms with Crippen LogP contribution in [0.5, 0.6) is 5.88 Å². The second-order valence-corrected chi connectivity index (χ2v) is 10.5. The van der Waals surface area contributed by atoms with Crippen molar-refractivity contribution in [3.63, 3.8) is 0 Å². The Morgan fingerprint density at radius 2 is 2.14 bits per heavy atom. The van der Waals surface area contributed by atoms with E-state index in [-0.39, 0.29) is 42.1 Å².